The van der Waals surface area contributed by atoms with Crippen LogP contribution in [0.3, 0.4) is 0 Å². The molecule has 0 bridgehead atoms. The molecule has 2 aromatic carbocycles. The first kappa shape index (κ1) is 15.0. The summed E-state index contributed by atoms with van der Waals surface area (Å²) in [6.45, 7) is 5.85. The third-order valence-electron chi connectivity index (χ3n) is 3.76. The molecule has 1 N–H and O–H groups in total. The number of hydrogen-bond donors (Lipinski definition) is 1. The molecule has 0 unspecified atom stereocenters. The molecule has 0 radical (unpaired) electrons. The molecule has 1 amide bonds. The Bertz CT molecular complexity index is 850. The number of para-hydroxylation sites is 1. The van der Waals surface area contributed by atoms with Crippen molar-refractivity contribution in [3.63, 3.8) is 0 Å². The fourth-order valence-corrected chi connectivity index (χ4v) is 2.40. The van der Waals surface area contributed by atoms with Gasteiger partial charge in [-0.15, -0.1) is 5.10 Å². The van der Waals surface area contributed by atoms with Crippen LogP contribution in [0.2, 0.25) is 0 Å². The highest BCUT2D eigenvalue weighted by Gasteiger charge is 2.18. The Morgan fingerprint density at radius 2 is 1.70 bits per heavy atom. The topological polar surface area (TPSA) is 59.8 Å². The summed E-state index contributed by atoms with van der Waals surface area (Å²) in [5.74, 6) is -0.258. The quantitative estimate of drug-likeness (QED) is 0.806. The predicted molar refractivity (Wildman–Crippen MR) is 90.0 cm³/mol. The second kappa shape index (κ2) is 6.04. The number of aromatic nitrogens is 3. The number of nitrogens with zero attached hydrogens (tertiary/aromatic N) is 3. The van der Waals surface area contributed by atoms with Crippen LogP contribution in [-0.2, 0) is 0 Å². The van der Waals surface area contributed by atoms with E-state index in [1.54, 1.807) is 4.68 Å². The second-order valence-corrected chi connectivity index (χ2v) is 5.54. The van der Waals surface area contributed by atoms with Crippen molar-refractivity contribution >= 4 is 11.6 Å². The predicted octanol–water partition coefficient (Wildman–Crippen LogP) is 3.44. The lowest BCUT2D eigenvalue weighted by Gasteiger charge is -2.07. The normalized spacial score (nSPS) is 10.6. The average molecular weight is 306 g/mol. The molecule has 0 saturated heterocycles. The van der Waals surface area contributed by atoms with Gasteiger partial charge in [-0.25, -0.2) is 4.68 Å². The third-order valence-corrected chi connectivity index (χ3v) is 3.76. The highest BCUT2D eigenvalue weighted by Crippen LogP contribution is 2.17. The summed E-state index contributed by atoms with van der Waals surface area (Å²) in [7, 11) is 0. The molecule has 1 aromatic heterocycles. The maximum absolute atomic E-state index is 12.4. The molecular formula is C18H18N4O. The molecular weight excluding hydrogens is 288 g/mol. The Labute approximate surface area is 135 Å². The minimum Gasteiger partial charge on any atom is -0.321 e. The number of carbonyl (C=O) groups excluding carboxylic acids is 1. The fraction of sp³-hybridized carbons (Fsp3) is 0.167. The van der Waals surface area contributed by atoms with E-state index in [0.29, 0.717) is 11.4 Å². The maximum atomic E-state index is 12.4. The Morgan fingerprint density at radius 3 is 2.39 bits per heavy atom. The lowest BCUT2D eigenvalue weighted by atomic mass is 10.2. The fourth-order valence-electron chi connectivity index (χ4n) is 2.40. The van der Waals surface area contributed by atoms with Crippen LogP contribution >= 0.6 is 0 Å². The van der Waals surface area contributed by atoms with E-state index in [0.717, 1.165) is 22.5 Å². The molecule has 0 spiro atoms. The van der Waals surface area contributed by atoms with Crippen molar-refractivity contribution in [1.29, 1.82) is 0 Å². The van der Waals surface area contributed by atoms with Crippen molar-refractivity contribution in [3.8, 4) is 5.69 Å². The second-order valence-electron chi connectivity index (χ2n) is 5.54. The Hall–Kier alpha value is -2.95. The SMILES string of the molecule is Cc1ccc(NC(=O)c2nnn(-c3ccccc3C)c2C)cc1. The van der Waals surface area contributed by atoms with Crippen molar-refractivity contribution in [3.05, 3.63) is 71.0 Å². The molecule has 5 heteroatoms. The van der Waals surface area contributed by atoms with Gasteiger partial charge in [0.1, 0.15) is 0 Å². The molecule has 0 saturated carbocycles. The van der Waals surface area contributed by atoms with Gasteiger partial charge in [0.15, 0.2) is 5.69 Å². The van der Waals surface area contributed by atoms with Crippen molar-refractivity contribution in [2.24, 2.45) is 0 Å². The van der Waals surface area contributed by atoms with Gasteiger partial charge >= 0.3 is 0 Å². The summed E-state index contributed by atoms with van der Waals surface area (Å²) in [6, 6.07) is 15.5. The summed E-state index contributed by atoms with van der Waals surface area (Å²) in [4.78, 5) is 12.4. The summed E-state index contributed by atoms with van der Waals surface area (Å²) in [5.41, 5.74) is 4.92. The molecule has 0 fully saturated rings. The van der Waals surface area contributed by atoms with Gasteiger partial charge in [-0.2, -0.15) is 0 Å². The van der Waals surface area contributed by atoms with Crippen LogP contribution in [0.5, 0.6) is 0 Å². The van der Waals surface area contributed by atoms with Crippen LogP contribution in [0.1, 0.15) is 27.3 Å². The van der Waals surface area contributed by atoms with E-state index in [-0.39, 0.29) is 5.91 Å². The van der Waals surface area contributed by atoms with Crippen molar-refractivity contribution in [2.75, 3.05) is 5.32 Å². The van der Waals surface area contributed by atoms with Crippen LogP contribution in [-0.4, -0.2) is 20.9 Å². The van der Waals surface area contributed by atoms with Crippen molar-refractivity contribution in [1.82, 2.24) is 15.0 Å². The lowest BCUT2D eigenvalue weighted by Crippen LogP contribution is -2.14. The number of rotatable bonds is 3. The number of nitrogens with one attached hydrogen (secondary N) is 1. The third kappa shape index (κ3) is 2.99. The van der Waals surface area contributed by atoms with Crippen molar-refractivity contribution < 1.29 is 4.79 Å². The van der Waals surface area contributed by atoms with Gasteiger partial charge in [0, 0.05) is 5.69 Å². The number of carbonyl (C=O) groups is 1. The van der Waals surface area contributed by atoms with E-state index in [4.69, 9.17) is 0 Å². The Kier molecular flexibility index (Phi) is 3.93. The summed E-state index contributed by atoms with van der Waals surface area (Å²) in [6.07, 6.45) is 0. The molecule has 0 aliphatic carbocycles. The smallest absolute Gasteiger partial charge is 0.278 e. The summed E-state index contributed by atoms with van der Waals surface area (Å²) >= 11 is 0. The molecule has 116 valence electrons. The van der Waals surface area contributed by atoms with Gasteiger partial charge in [0.25, 0.3) is 5.91 Å². The molecule has 3 rings (SSSR count). The first-order valence-electron chi connectivity index (χ1n) is 7.42. The van der Waals surface area contributed by atoms with E-state index in [1.807, 2.05) is 69.3 Å². The average Bonchev–Trinajstić information content (AvgIpc) is 2.92. The van der Waals surface area contributed by atoms with E-state index in [1.165, 1.54) is 0 Å². The highest BCUT2D eigenvalue weighted by atomic mass is 16.2. The first-order valence-corrected chi connectivity index (χ1v) is 7.42. The largest absolute Gasteiger partial charge is 0.321 e. The zero-order chi connectivity index (χ0) is 16.4. The number of amides is 1. The van der Waals surface area contributed by atoms with Crippen LogP contribution in [0, 0.1) is 20.8 Å². The molecule has 23 heavy (non-hydrogen) atoms. The molecule has 0 aliphatic rings. The maximum Gasteiger partial charge on any atom is 0.278 e. The molecule has 1 heterocycles. The summed E-state index contributed by atoms with van der Waals surface area (Å²) < 4.78 is 1.69. The molecule has 0 atom stereocenters. The van der Waals surface area contributed by atoms with Crippen LogP contribution in [0.4, 0.5) is 5.69 Å². The van der Waals surface area contributed by atoms with Gasteiger partial charge in [0.05, 0.1) is 11.4 Å². The van der Waals surface area contributed by atoms with Gasteiger partial charge in [0.2, 0.25) is 0 Å². The number of hydrogen-bond acceptors (Lipinski definition) is 3. The lowest BCUT2D eigenvalue weighted by molar-refractivity contribution is 0.102. The van der Waals surface area contributed by atoms with E-state index in [2.05, 4.69) is 15.6 Å². The van der Waals surface area contributed by atoms with E-state index < -0.39 is 0 Å². The standard InChI is InChI=1S/C18H18N4O/c1-12-8-10-15(11-9-12)19-18(23)17-14(3)22(21-20-17)16-7-5-4-6-13(16)2/h4-11H,1-3H3,(H,19,23). The monoisotopic (exact) mass is 306 g/mol. The Balaban J connectivity index is 1.88. The number of anilines is 1. The van der Waals surface area contributed by atoms with Gasteiger partial charge in [-0.05, 0) is 44.5 Å². The van der Waals surface area contributed by atoms with Gasteiger partial charge in [-0.3, -0.25) is 4.79 Å². The number of benzene rings is 2. The minimum atomic E-state index is -0.258. The zero-order valence-corrected chi connectivity index (χ0v) is 13.4. The Morgan fingerprint density at radius 1 is 1.00 bits per heavy atom. The van der Waals surface area contributed by atoms with E-state index in [9.17, 15) is 4.79 Å². The minimum absolute atomic E-state index is 0.258. The molecule has 0 aliphatic heterocycles. The van der Waals surface area contributed by atoms with Crippen LogP contribution < -0.4 is 5.32 Å². The zero-order valence-electron chi connectivity index (χ0n) is 13.4. The summed E-state index contributed by atoms with van der Waals surface area (Å²) in [5, 5.41) is 11.0. The van der Waals surface area contributed by atoms with Gasteiger partial charge in [-0.1, -0.05) is 41.1 Å². The van der Waals surface area contributed by atoms with Gasteiger partial charge < -0.3 is 5.32 Å². The number of aryl methyl sites for hydroxylation is 2. The highest BCUT2D eigenvalue weighted by molar-refractivity contribution is 6.03. The molecule has 3 aromatic rings. The van der Waals surface area contributed by atoms with Crippen LogP contribution in [0.15, 0.2) is 48.5 Å². The van der Waals surface area contributed by atoms with Crippen molar-refractivity contribution in [2.45, 2.75) is 20.8 Å². The first-order chi connectivity index (χ1) is 11.1. The van der Waals surface area contributed by atoms with E-state index >= 15 is 0 Å². The molecule has 5 nitrogen and oxygen atoms in total. The van der Waals surface area contributed by atoms with Crippen LogP contribution in [0.25, 0.3) is 5.69 Å².